The Morgan fingerprint density at radius 1 is 1.31 bits per heavy atom. The molecule has 0 aromatic heterocycles. The summed E-state index contributed by atoms with van der Waals surface area (Å²) in [5.74, 6) is 0. The summed E-state index contributed by atoms with van der Waals surface area (Å²) in [6, 6.07) is 0. The van der Waals surface area contributed by atoms with E-state index in [-0.39, 0.29) is 12.1 Å². The standard InChI is InChI=1S/C11H28N4O/c1-11(2,10-13-7-6-12)15(14(3)4)8-5-9-16/h13,16H,5-10,12H2,1-4H3. The molecule has 0 amide bonds. The molecule has 0 bridgehead atoms. The lowest BCUT2D eigenvalue weighted by atomic mass is 10.0. The summed E-state index contributed by atoms with van der Waals surface area (Å²) in [5.41, 5.74) is 5.48. The molecule has 16 heavy (non-hydrogen) atoms. The third-order valence-electron chi connectivity index (χ3n) is 2.59. The molecule has 5 heteroatoms. The molecule has 0 aromatic carbocycles. The van der Waals surface area contributed by atoms with Gasteiger partial charge < -0.3 is 16.2 Å². The van der Waals surface area contributed by atoms with Gasteiger partial charge in [0.25, 0.3) is 0 Å². The molecule has 0 aliphatic heterocycles. The molecule has 0 unspecified atom stereocenters. The second-order valence-electron chi connectivity index (χ2n) is 4.83. The Bertz CT molecular complexity index is 173. The van der Waals surface area contributed by atoms with E-state index in [1.807, 2.05) is 14.1 Å². The summed E-state index contributed by atoms with van der Waals surface area (Å²) in [6.45, 7) is 7.85. The Kier molecular flexibility index (Phi) is 7.87. The van der Waals surface area contributed by atoms with Gasteiger partial charge in [0, 0.05) is 52.4 Å². The van der Waals surface area contributed by atoms with Gasteiger partial charge >= 0.3 is 0 Å². The molecule has 0 saturated heterocycles. The molecule has 0 aromatic rings. The molecule has 0 aliphatic carbocycles. The monoisotopic (exact) mass is 232 g/mol. The molecule has 4 N–H and O–H groups in total. The Balaban J connectivity index is 4.25. The van der Waals surface area contributed by atoms with Crippen molar-refractivity contribution in [3.63, 3.8) is 0 Å². The molecule has 0 radical (unpaired) electrons. The maximum absolute atomic E-state index is 8.90. The minimum Gasteiger partial charge on any atom is -0.396 e. The quantitative estimate of drug-likeness (QED) is 0.369. The highest BCUT2D eigenvalue weighted by Gasteiger charge is 2.27. The van der Waals surface area contributed by atoms with E-state index in [4.69, 9.17) is 10.8 Å². The summed E-state index contributed by atoms with van der Waals surface area (Å²) >= 11 is 0. The first kappa shape index (κ1) is 15.8. The number of aliphatic hydroxyl groups is 1. The zero-order chi connectivity index (χ0) is 12.6. The van der Waals surface area contributed by atoms with E-state index in [1.165, 1.54) is 0 Å². The van der Waals surface area contributed by atoms with Crippen LogP contribution in [0.1, 0.15) is 20.3 Å². The summed E-state index contributed by atoms with van der Waals surface area (Å²) < 4.78 is 0. The average Bonchev–Trinajstić information content (AvgIpc) is 2.17. The number of hydrazine groups is 1. The molecule has 0 rings (SSSR count). The molecule has 5 nitrogen and oxygen atoms in total. The summed E-state index contributed by atoms with van der Waals surface area (Å²) in [6.07, 6.45) is 0.790. The van der Waals surface area contributed by atoms with Crippen molar-refractivity contribution in [2.75, 3.05) is 46.9 Å². The van der Waals surface area contributed by atoms with Crippen molar-refractivity contribution in [1.29, 1.82) is 0 Å². The van der Waals surface area contributed by atoms with Crippen molar-refractivity contribution < 1.29 is 5.11 Å². The molecule has 0 atom stereocenters. The van der Waals surface area contributed by atoms with Crippen molar-refractivity contribution >= 4 is 0 Å². The number of nitrogens with zero attached hydrogens (tertiary/aromatic N) is 2. The van der Waals surface area contributed by atoms with Gasteiger partial charge in [0.2, 0.25) is 0 Å². The highest BCUT2D eigenvalue weighted by molar-refractivity contribution is 4.81. The van der Waals surface area contributed by atoms with Crippen LogP contribution in [-0.4, -0.2) is 67.5 Å². The first-order chi connectivity index (χ1) is 7.45. The third-order valence-corrected chi connectivity index (χ3v) is 2.59. The van der Waals surface area contributed by atoms with E-state index in [1.54, 1.807) is 0 Å². The average molecular weight is 232 g/mol. The number of hydrogen-bond acceptors (Lipinski definition) is 5. The molecule has 0 spiro atoms. The zero-order valence-electron chi connectivity index (χ0n) is 11.2. The van der Waals surface area contributed by atoms with E-state index in [9.17, 15) is 0 Å². The van der Waals surface area contributed by atoms with Crippen LogP contribution in [0.15, 0.2) is 0 Å². The van der Waals surface area contributed by atoms with Crippen molar-refractivity contribution in [1.82, 2.24) is 15.3 Å². The first-order valence-electron chi connectivity index (χ1n) is 5.92. The van der Waals surface area contributed by atoms with Gasteiger partial charge in [0.1, 0.15) is 0 Å². The van der Waals surface area contributed by atoms with Gasteiger partial charge in [-0.15, -0.1) is 0 Å². The molecule has 0 heterocycles. The fourth-order valence-electron chi connectivity index (χ4n) is 1.85. The predicted octanol–water partition coefficient (Wildman–Crippen LogP) is -0.526. The zero-order valence-corrected chi connectivity index (χ0v) is 11.2. The second kappa shape index (κ2) is 7.97. The van der Waals surface area contributed by atoms with E-state index in [0.29, 0.717) is 6.54 Å². The number of rotatable bonds is 9. The van der Waals surface area contributed by atoms with E-state index in [0.717, 1.165) is 26.1 Å². The van der Waals surface area contributed by atoms with Crippen LogP contribution in [-0.2, 0) is 0 Å². The number of hydrogen-bond donors (Lipinski definition) is 3. The van der Waals surface area contributed by atoms with Crippen LogP contribution in [0.3, 0.4) is 0 Å². The van der Waals surface area contributed by atoms with Gasteiger partial charge in [-0.25, -0.2) is 10.0 Å². The van der Waals surface area contributed by atoms with Gasteiger partial charge in [0.05, 0.1) is 0 Å². The minimum atomic E-state index is 0.0217. The maximum atomic E-state index is 8.90. The van der Waals surface area contributed by atoms with Crippen LogP contribution < -0.4 is 11.1 Å². The number of nitrogens with two attached hydrogens (primary N) is 1. The Hall–Kier alpha value is -0.200. The Morgan fingerprint density at radius 3 is 2.38 bits per heavy atom. The van der Waals surface area contributed by atoms with Crippen LogP contribution in [0.5, 0.6) is 0 Å². The van der Waals surface area contributed by atoms with Crippen LogP contribution in [0.4, 0.5) is 0 Å². The van der Waals surface area contributed by atoms with Gasteiger partial charge in [-0.05, 0) is 20.3 Å². The molecule has 98 valence electrons. The van der Waals surface area contributed by atoms with E-state index < -0.39 is 0 Å². The highest BCUT2D eigenvalue weighted by atomic mass is 16.3. The minimum absolute atomic E-state index is 0.0217. The fraction of sp³-hybridized carbons (Fsp3) is 1.00. The Labute approximate surface area is 99.6 Å². The largest absolute Gasteiger partial charge is 0.396 e. The highest BCUT2D eigenvalue weighted by Crippen LogP contribution is 2.14. The van der Waals surface area contributed by atoms with Gasteiger partial charge in [0.15, 0.2) is 0 Å². The van der Waals surface area contributed by atoms with Gasteiger partial charge in [-0.1, -0.05) is 0 Å². The van der Waals surface area contributed by atoms with E-state index >= 15 is 0 Å². The van der Waals surface area contributed by atoms with Crippen LogP contribution >= 0.6 is 0 Å². The van der Waals surface area contributed by atoms with Gasteiger partial charge in [-0.3, -0.25) is 0 Å². The normalized spacial score (nSPS) is 12.8. The SMILES string of the molecule is CN(C)N(CCCO)C(C)(C)CNCCN. The van der Waals surface area contributed by atoms with Crippen LogP contribution in [0, 0.1) is 0 Å². The lowest BCUT2D eigenvalue weighted by Gasteiger charge is -2.42. The second-order valence-corrected chi connectivity index (χ2v) is 4.83. The fourth-order valence-corrected chi connectivity index (χ4v) is 1.85. The molecular weight excluding hydrogens is 204 g/mol. The van der Waals surface area contributed by atoms with Gasteiger partial charge in [-0.2, -0.15) is 0 Å². The van der Waals surface area contributed by atoms with Crippen LogP contribution in [0.2, 0.25) is 0 Å². The molecular formula is C11H28N4O. The summed E-state index contributed by atoms with van der Waals surface area (Å²) in [5, 5.41) is 16.6. The number of aliphatic hydroxyl groups excluding tert-OH is 1. The van der Waals surface area contributed by atoms with Crippen molar-refractivity contribution in [3.05, 3.63) is 0 Å². The Morgan fingerprint density at radius 2 is 1.94 bits per heavy atom. The lowest BCUT2D eigenvalue weighted by Crippen LogP contribution is -2.56. The van der Waals surface area contributed by atoms with Crippen molar-refractivity contribution in [2.45, 2.75) is 25.8 Å². The number of nitrogens with one attached hydrogen (secondary N) is 1. The van der Waals surface area contributed by atoms with Crippen molar-refractivity contribution in [2.24, 2.45) is 5.73 Å². The molecule has 0 fully saturated rings. The van der Waals surface area contributed by atoms with E-state index in [2.05, 4.69) is 29.2 Å². The summed E-state index contributed by atoms with van der Waals surface area (Å²) in [7, 11) is 4.06. The smallest absolute Gasteiger partial charge is 0.0443 e. The van der Waals surface area contributed by atoms with Crippen molar-refractivity contribution in [3.8, 4) is 0 Å². The van der Waals surface area contributed by atoms with Crippen LogP contribution in [0.25, 0.3) is 0 Å². The summed E-state index contributed by atoms with van der Waals surface area (Å²) in [4.78, 5) is 0. The maximum Gasteiger partial charge on any atom is 0.0443 e. The molecule has 0 aliphatic rings. The predicted molar refractivity (Wildman–Crippen MR) is 68.1 cm³/mol. The third kappa shape index (κ3) is 5.77. The topological polar surface area (TPSA) is 64.8 Å². The lowest BCUT2D eigenvalue weighted by molar-refractivity contribution is -0.0637. The first-order valence-corrected chi connectivity index (χ1v) is 5.92. The molecule has 0 saturated carbocycles.